The number of likely N-dealkylation sites (N-methyl/N-ethyl adjacent to an activating group) is 1. The van der Waals surface area contributed by atoms with Crippen LogP contribution in [-0.2, 0) is 16.0 Å². The number of carbonyl (C=O) groups is 2. The first-order valence-electron chi connectivity index (χ1n) is 10.3. The summed E-state index contributed by atoms with van der Waals surface area (Å²) < 4.78 is 0. The molecule has 1 aromatic carbocycles. The number of nitrogens with one attached hydrogen (secondary N) is 1. The van der Waals surface area contributed by atoms with Crippen molar-refractivity contribution in [2.75, 3.05) is 66.0 Å². The molecule has 1 aliphatic heterocycles. The Balaban J connectivity index is 2.06. The summed E-state index contributed by atoms with van der Waals surface area (Å²) in [7, 11) is 2.00. The highest BCUT2D eigenvalue weighted by molar-refractivity contribution is 5.69. The number of nitro benzene ring substituents is 1. The van der Waals surface area contributed by atoms with Crippen molar-refractivity contribution in [1.29, 1.82) is 0 Å². The molecule has 0 bridgehead atoms. The van der Waals surface area contributed by atoms with Crippen LogP contribution in [0.4, 0.5) is 5.69 Å². The number of non-ortho nitro benzene ring substituents is 1. The number of hydrogen-bond donors (Lipinski definition) is 3. The molecule has 0 spiro atoms. The summed E-state index contributed by atoms with van der Waals surface area (Å²) in [6.45, 7) is 4.74. The van der Waals surface area contributed by atoms with Gasteiger partial charge in [0, 0.05) is 64.0 Å². The van der Waals surface area contributed by atoms with Crippen LogP contribution in [0, 0.1) is 10.1 Å². The maximum atomic E-state index is 11.1. The van der Waals surface area contributed by atoms with Gasteiger partial charge >= 0.3 is 11.9 Å². The number of nitro groups is 1. The Hall–Kier alpha value is -2.60. The summed E-state index contributed by atoms with van der Waals surface area (Å²) in [5.74, 6) is -1.81. The second-order valence-electron chi connectivity index (χ2n) is 7.87. The third kappa shape index (κ3) is 9.39. The lowest BCUT2D eigenvalue weighted by molar-refractivity contribution is -0.384. The molecule has 1 aromatic rings. The second kappa shape index (κ2) is 12.3. The molecule has 0 amide bonds. The van der Waals surface area contributed by atoms with Crippen molar-refractivity contribution in [3.8, 4) is 0 Å². The van der Waals surface area contributed by atoms with Crippen molar-refractivity contribution in [1.82, 2.24) is 20.0 Å². The summed E-state index contributed by atoms with van der Waals surface area (Å²) in [5.41, 5.74) is 0.891. The van der Waals surface area contributed by atoms with Gasteiger partial charge in [0.15, 0.2) is 0 Å². The number of nitrogens with zero attached hydrogens (tertiary/aromatic N) is 4. The Morgan fingerprint density at radius 1 is 1.03 bits per heavy atom. The molecule has 1 unspecified atom stereocenters. The molecule has 0 radical (unpaired) electrons. The summed E-state index contributed by atoms with van der Waals surface area (Å²) in [5, 5.41) is 32.1. The Morgan fingerprint density at radius 3 is 2.19 bits per heavy atom. The SMILES string of the molecule is CN1CCN(CC(=O)O)CCN(CC(Cc2ccc([N+](=O)[O-])cc2)NCC(=O)O)CC1. The van der Waals surface area contributed by atoms with Crippen LogP contribution in [0.5, 0.6) is 0 Å². The maximum absolute atomic E-state index is 11.1. The van der Waals surface area contributed by atoms with Crippen LogP contribution >= 0.6 is 0 Å². The smallest absolute Gasteiger partial charge is 0.317 e. The number of benzene rings is 1. The zero-order valence-corrected chi connectivity index (χ0v) is 17.8. The van der Waals surface area contributed by atoms with Gasteiger partial charge < -0.3 is 20.4 Å². The van der Waals surface area contributed by atoms with Crippen molar-refractivity contribution >= 4 is 17.6 Å². The van der Waals surface area contributed by atoms with Gasteiger partial charge in [0.2, 0.25) is 0 Å². The lowest BCUT2D eigenvalue weighted by Crippen LogP contribution is -2.47. The highest BCUT2D eigenvalue weighted by atomic mass is 16.6. The third-order valence-electron chi connectivity index (χ3n) is 5.34. The third-order valence-corrected chi connectivity index (χ3v) is 5.34. The van der Waals surface area contributed by atoms with Crippen molar-refractivity contribution < 1.29 is 24.7 Å². The molecule has 1 atom stereocenters. The quantitative estimate of drug-likeness (QED) is 0.333. The molecule has 3 N–H and O–H groups in total. The molecule has 11 nitrogen and oxygen atoms in total. The van der Waals surface area contributed by atoms with Crippen molar-refractivity contribution in [2.24, 2.45) is 0 Å². The van der Waals surface area contributed by atoms with E-state index < -0.39 is 16.9 Å². The highest BCUT2D eigenvalue weighted by Crippen LogP contribution is 2.14. The van der Waals surface area contributed by atoms with Crippen LogP contribution in [0.25, 0.3) is 0 Å². The van der Waals surface area contributed by atoms with E-state index in [0.29, 0.717) is 32.6 Å². The van der Waals surface area contributed by atoms with Gasteiger partial charge in [0.25, 0.3) is 5.69 Å². The van der Waals surface area contributed by atoms with E-state index in [4.69, 9.17) is 10.2 Å². The molecule has 0 aliphatic carbocycles. The summed E-state index contributed by atoms with van der Waals surface area (Å²) in [6, 6.07) is 6.10. The number of carboxylic acids is 2. The molecule has 1 fully saturated rings. The van der Waals surface area contributed by atoms with Crippen molar-refractivity contribution in [3.63, 3.8) is 0 Å². The first-order chi connectivity index (χ1) is 14.7. The first kappa shape index (κ1) is 24.7. The average molecular weight is 437 g/mol. The van der Waals surface area contributed by atoms with E-state index >= 15 is 0 Å². The topological polar surface area (TPSA) is 139 Å². The molecule has 1 heterocycles. The average Bonchev–Trinajstić information content (AvgIpc) is 2.78. The molecule has 0 aromatic heterocycles. The number of aliphatic carboxylic acids is 2. The van der Waals surface area contributed by atoms with Gasteiger partial charge in [-0.25, -0.2) is 0 Å². The molecule has 2 rings (SSSR count). The monoisotopic (exact) mass is 437 g/mol. The van der Waals surface area contributed by atoms with Crippen LogP contribution in [0.15, 0.2) is 24.3 Å². The Morgan fingerprint density at radius 2 is 1.61 bits per heavy atom. The highest BCUT2D eigenvalue weighted by Gasteiger charge is 2.20. The number of hydrogen-bond acceptors (Lipinski definition) is 8. The van der Waals surface area contributed by atoms with E-state index in [1.165, 1.54) is 12.1 Å². The fourth-order valence-corrected chi connectivity index (χ4v) is 3.56. The van der Waals surface area contributed by atoms with Gasteiger partial charge in [-0.3, -0.25) is 29.5 Å². The molecule has 0 saturated carbocycles. The van der Waals surface area contributed by atoms with Crippen LogP contribution in [-0.4, -0.2) is 114 Å². The molecular weight excluding hydrogens is 406 g/mol. The Kier molecular flexibility index (Phi) is 9.79. The molecule has 1 saturated heterocycles. The number of rotatable bonds is 10. The van der Waals surface area contributed by atoms with Gasteiger partial charge in [-0.05, 0) is 19.0 Å². The van der Waals surface area contributed by atoms with Crippen LogP contribution < -0.4 is 5.32 Å². The van der Waals surface area contributed by atoms with E-state index in [1.807, 2.05) is 11.9 Å². The van der Waals surface area contributed by atoms with Gasteiger partial charge in [0.1, 0.15) is 0 Å². The molecule has 1 aliphatic rings. The summed E-state index contributed by atoms with van der Waals surface area (Å²) in [4.78, 5) is 38.9. The van der Waals surface area contributed by atoms with E-state index in [9.17, 15) is 19.7 Å². The van der Waals surface area contributed by atoms with E-state index in [-0.39, 0.29) is 24.8 Å². The molecular formula is C20H31N5O6. The zero-order valence-electron chi connectivity index (χ0n) is 17.8. The predicted octanol–water partition coefficient (Wildman–Crippen LogP) is -0.186. The largest absolute Gasteiger partial charge is 0.480 e. The maximum Gasteiger partial charge on any atom is 0.317 e. The van der Waals surface area contributed by atoms with Crippen LogP contribution in [0.3, 0.4) is 0 Å². The van der Waals surface area contributed by atoms with Crippen molar-refractivity contribution in [3.05, 3.63) is 39.9 Å². The zero-order chi connectivity index (χ0) is 22.8. The number of carboxylic acid groups (broad SMARTS) is 2. The standard InChI is InChI=1S/C20H31N5O6/c1-22-6-8-23(10-11-24(9-7-22)15-20(28)29)14-17(21-13-19(26)27)12-16-2-4-18(5-3-16)25(30)31/h2-5,17,21H,6-15H2,1H3,(H,26,27)(H,28,29). The minimum atomic E-state index is -0.953. The lowest BCUT2D eigenvalue weighted by Gasteiger charge is -2.29. The fraction of sp³-hybridized carbons (Fsp3) is 0.600. The van der Waals surface area contributed by atoms with E-state index in [0.717, 1.165) is 25.2 Å². The van der Waals surface area contributed by atoms with E-state index in [1.54, 1.807) is 12.1 Å². The predicted molar refractivity (Wildman–Crippen MR) is 114 cm³/mol. The Bertz CT molecular complexity index is 744. The minimum Gasteiger partial charge on any atom is -0.480 e. The minimum absolute atomic E-state index is 0.00876. The normalized spacial score (nSPS) is 18.0. The van der Waals surface area contributed by atoms with E-state index in [2.05, 4.69) is 15.1 Å². The molecule has 31 heavy (non-hydrogen) atoms. The van der Waals surface area contributed by atoms with Gasteiger partial charge in [0.05, 0.1) is 18.0 Å². The summed E-state index contributed by atoms with van der Waals surface area (Å²) >= 11 is 0. The summed E-state index contributed by atoms with van der Waals surface area (Å²) in [6.07, 6.45) is 0.524. The van der Waals surface area contributed by atoms with Gasteiger partial charge in [-0.15, -0.1) is 0 Å². The Labute approximate surface area is 181 Å². The van der Waals surface area contributed by atoms with Gasteiger partial charge in [-0.2, -0.15) is 0 Å². The second-order valence-corrected chi connectivity index (χ2v) is 7.87. The lowest BCUT2D eigenvalue weighted by atomic mass is 10.0. The van der Waals surface area contributed by atoms with Gasteiger partial charge in [-0.1, -0.05) is 12.1 Å². The first-order valence-corrected chi connectivity index (χ1v) is 10.3. The van der Waals surface area contributed by atoms with Crippen LogP contribution in [0.1, 0.15) is 5.56 Å². The fourth-order valence-electron chi connectivity index (χ4n) is 3.56. The molecule has 172 valence electrons. The van der Waals surface area contributed by atoms with Crippen molar-refractivity contribution in [2.45, 2.75) is 12.5 Å². The molecule has 11 heteroatoms. The van der Waals surface area contributed by atoms with Crippen LogP contribution in [0.2, 0.25) is 0 Å².